The molecule has 0 saturated carbocycles. The lowest BCUT2D eigenvalue weighted by molar-refractivity contribution is -0.137. The van der Waals surface area contributed by atoms with E-state index in [0.717, 1.165) is 0 Å². The molecule has 0 saturated heterocycles. The van der Waals surface area contributed by atoms with Gasteiger partial charge in [-0.05, 0) is 42.8 Å². The van der Waals surface area contributed by atoms with Gasteiger partial charge in [0.2, 0.25) is 5.78 Å². The number of hydrogen-bond acceptors (Lipinski definition) is 8. The van der Waals surface area contributed by atoms with Crippen molar-refractivity contribution in [3.8, 4) is 28.5 Å². The molecule has 2 N–H and O–H groups in total. The summed E-state index contributed by atoms with van der Waals surface area (Å²) in [6, 6.07) is 11.0. The number of ketones is 1. The Hall–Kier alpha value is -4.51. The van der Waals surface area contributed by atoms with Crippen molar-refractivity contribution in [1.29, 1.82) is 0 Å². The summed E-state index contributed by atoms with van der Waals surface area (Å²) in [6.07, 6.45) is -0.525. The van der Waals surface area contributed by atoms with Gasteiger partial charge in [0.15, 0.2) is 11.5 Å². The van der Waals surface area contributed by atoms with E-state index in [1.807, 2.05) is 0 Å². The minimum absolute atomic E-state index is 0.00967. The van der Waals surface area contributed by atoms with Crippen molar-refractivity contribution >= 4 is 39.1 Å². The third-order valence-electron chi connectivity index (χ3n) is 6.05. The number of carboxylic acids is 1. The Kier molecular flexibility index (Phi) is 8.40. The van der Waals surface area contributed by atoms with Crippen molar-refractivity contribution < 1.29 is 38.1 Å². The van der Waals surface area contributed by atoms with E-state index in [0.29, 0.717) is 38.6 Å². The molecule has 0 spiro atoms. The lowest BCUT2D eigenvalue weighted by Crippen LogP contribution is -2.41. The number of carbonyl (C=O) groups excluding carboxylic acids is 2. The number of benzene rings is 2. The number of fused-ring (bicyclic) bond motifs is 1. The summed E-state index contributed by atoms with van der Waals surface area (Å²) in [5, 5.41) is 14.2. The number of pyridine rings is 1. The van der Waals surface area contributed by atoms with Gasteiger partial charge < -0.3 is 24.6 Å². The summed E-state index contributed by atoms with van der Waals surface area (Å²) in [7, 11) is 4.34. The summed E-state index contributed by atoms with van der Waals surface area (Å²) in [5.41, 5.74) is 1.08. The molecule has 0 aliphatic rings. The lowest BCUT2D eigenvalue weighted by Gasteiger charge is -2.18. The number of carboxylic acid groups (broad SMARTS) is 1. The molecular formula is C28H25FN2O7S. The number of thiophene rings is 1. The largest absolute Gasteiger partial charge is 0.494 e. The maximum absolute atomic E-state index is 14.3. The average Bonchev–Trinajstić information content (AvgIpc) is 3.39. The number of rotatable bonds is 11. The smallest absolute Gasteiger partial charge is 0.303 e. The van der Waals surface area contributed by atoms with Gasteiger partial charge in [-0.3, -0.25) is 14.4 Å². The molecule has 0 radical (unpaired) electrons. The molecule has 0 aliphatic carbocycles. The van der Waals surface area contributed by atoms with E-state index < -0.39 is 23.7 Å². The van der Waals surface area contributed by atoms with Crippen LogP contribution in [0.3, 0.4) is 0 Å². The highest BCUT2D eigenvalue weighted by molar-refractivity contribution is 7.17. The molecule has 1 atom stereocenters. The molecule has 4 aromatic rings. The van der Waals surface area contributed by atoms with Gasteiger partial charge in [-0.1, -0.05) is 12.1 Å². The monoisotopic (exact) mass is 552 g/mol. The van der Waals surface area contributed by atoms with Crippen LogP contribution in [-0.4, -0.2) is 55.1 Å². The molecule has 39 heavy (non-hydrogen) atoms. The molecule has 9 nitrogen and oxygen atoms in total. The number of Topliss-reactive ketones (excluding diaryl/α,β-unsaturated/α-hetero) is 1. The Morgan fingerprint density at radius 2 is 1.72 bits per heavy atom. The van der Waals surface area contributed by atoms with Gasteiger partial charge in [0.05, 0.1) is 32.1 Å². The molecule has 0 fully saturated rings. The second-order valence-electron chi connectivity index (χ2n) is 8.41. The Labute approximate surface area is 227 Å². The summed E-state index contributed by atoms with van der Waals surface area (Å²) >= 11 is 1.20. The zero-order chi connectivity index (χ0) is 28.1. The molecule has 0 bridgehead atoms. The predicted octanol–water partition coefficient (Wildman–Crippen LogP) is 4.97. The Morgan fingerprint density at radius 3 is 2.41 bits per heavy atom. The minimum Gasteiger partial charge on any atom is -0.494 e. The predicted molar refractivity (Wildman–Crippen MR) is 144 cm³/mol. The summed E-state index contributed by atoms with van der Waals surface area (Å²) in [6.45, 7) is 0. The normalized spacial score (nSPS) is 11.6. The number of aliphatic carboxylic acids is 1. The zero-order valence-corrected chi connectivity index (χ0v) is 22.1. The van der Waals surface area contributed by atoms with Crippen LogP contribution in [0, 0.1) is 5.82 Å². The highest BCUT2D eigenvalue weighted by Crippen LogP contribution is 2.38. The first-order valence-corrected chi connectivity index (χ1v) is 12.6. The standard InChI is InChI=1S/C28H25FN2O7S/c1-36-21-10-7-15(13-23(21)38-3)28(35)31-20(9-12-24(32)33)26(34)19-8-11-22(37-2)25(30-19)17-14-39-27-16(17)5-4-6-18(27)29/h4-8,10-11,13-14,20H,9,12H2,1-3H3,(H,31,35)(H,32,33). The van der Waals surface area contributed by atoms with Crippen LogP contribution in [0.2, 0.25) is 0 Å². The van der Waals surface area contributed by atoms with Crippen molar-refractivity contribution in [2.45, 2.75) is 18.9 Å². The second kappa shape index (κ2) is 11.9. The number of aromatic nitrogens is 1. The highest BCUT2D eigenvalue weighted by atomic mass is 32.1. The van der Waals surface area contributed by atoms with E-state index in [1.165, 1.54) is 56.9 Å². The summed E-state index contributed by atoms with van der Waals surface area (Å²) in [4.78, 5) is 42.4. The van der Waals surface area contributed by atoms with Crippen LogP contribution in [0.25, 0.3) is 21.3 Å². The van der Waals surface area contributed by atoms with Crippen LogP contribution in [0.5, 0.6) is 17.2 Å². The van der Waals surface area contributed by atoms with Crippen LogP contribution in [0.1, 0.15) is 33.7 Å². The number of amides is 1. The van der Waals surface area contributed by atoms with Crippen molar-refractivity contribution in [2.24, 2.45) is 0 Å². The summed E-state index contributed by atoms with van der Waals surface area (Å²) in [5.74, 6) is -1.58. The van der Waals surface area contributed by atoms with Gasteiger partial charge in [0.1, 0.15) is 23.0 Å². The zero-order valence-electron chi connectivity index (χ0n) is 21.3. The van der Waals surface area contributed by atoms with E-state index in [-0.39, 0.29) is 29.9 Å². The average molecular weight is 553 g/mol. The first kappa shape index (κ1) is 27.5. The first-order chi connectivity index (χ1) is 18.8. The molecule has 2 aromatic heterocycles. The van der Waals surface area contributed by atoms with E-state index in [2.05, 4.69) is 10.3 Å². The molecular weight excluding hydrogens is 527 g/mol. The Balaban J connectivity index is 1.69. The molecule has 1 amide bonds. The fourth-order valence-corrected chi connectivity index (χ4v) is 5.04. The molecule has 202 valence electrons. The third kappa shape index (κ3) is 5.83. The van der Waals surface area contributed by atoms with Crippen molar-refractivity contribution in [2.75, 3.05) is 21.3 Å². The Morgan fingerprint density at radius 1 is 1.00 bits per heavy atom. The number of ether oxygens (including phenoxy) is 3. The van der Waals surface area contributed by atoms with E-state index >= 15 is 0 Å². The second-order valence-corrected chi connectivity index (χ2v) is 9.29. The maximum Gasteiger partial charge on any atom is 0.303 e. The van der Waals surface area contributed by atoms with E-state index in [1.54, 1.807) is 29.6 Å². The van der Waals surface area contributed by atoms with Crippen LogP contribution in [0.4, 0.5) is 4.39 Å². The molecule has 2 heterocycles. The number of nitrogens with zero attached hydrogens (tertiary/aromatic N) is 1. The number of nitrogens with one attached hydrogen (secondary N) is 1. The quantitative estimate of drug-likeness (QED) is 0.250. The van der Waals surface area contributed by atoms with Crippen LogP contribution in [-0.2, 0) is 4.79 Å². The number of hydrogen-bond donors (Lipinski definition) is 2. The van der Waals surface area contributed by atoms with Gasteiger partial charge >= 0.3 is 5.97 Å². The number of methoxy groups -OCH3 is 3. The van der Waals surface area contributed by atoms with Crippen molar-refractivity contribution in [3.05, 3.63) is 71.0 Å². The summed E-state index contributed by atoms with van der Waals surface area (Å²) < 4.78 is 30.6. The first-order valence-electron chi connectivity index (χ1n) is 11.8. The van der Waals surface area contributed by atoms with Crippen molar-refractivity contribution in [1.82, 2.24) is 10.3 Å². The lowest BCUT2D eigenvalue weighted by atomic mass is 10.0. The molecule has 0 aliphatic heterocycles. The fourth-order valence-electron chi connectivity index (χ4n) is 4.08. The topological polar surface area (TPSA) is 124 Å². The van der Waals surface area contributed by atoms with Crippen LogP contribution in [0.15, 0.2) is 53.9 Å². The number of carbonyl (C=O) groups is 3. The van der Waals surface area contributed by atoms with Gasteiger partial charge in [-0.15, -0.1) is 11.3 Å². The highest BCUT2D eigenvalue weighted by Gasteiger charge is 2.27. The van der Waals surface area contributed by atoms with Gasteiger partial charge in [0, 0.05) is 28.3 Å². The van der Waals surface area contributed by atoms with Crippen LogP contribution >= 0.6 is 11.3 Å². The molecule has 4 rings (SSSR count). The molecule has 1 unspecified atom stereocenters. The maximum atomic E-state index is 14.3. The Bertz CT molecular complexity index is 1550. The molecule has 2 aromatic carbocycles. The minimum atomic E-state index is -1.19. The SMILES string of the molecule is COc1ccc(C(=O)NC(CCC(=O)O)C(=O)c2ccc(OC)c(-c3csc4c(F)cccc34)n2)cc1OC. The van der Waals surface area contributed by atoms with Gasteiger partial charge in [-0.25, -0.2) is 9.37 Å². The van der Waals surface area contributed by atoms with Crippen LogP contribution < -0.4 is 19.5 Å². The van der Waals surface area contributed by atoms with Gasteiger partial charge in [-0.2, -0.15) is 0 Å². The van der Waals surface area contributed by atoms with Gasteiger partial charge in [0.25, 0.3) is 5.91 Å². The fraction of sp³-hybridized carbons (Fsp3) is 0.214. The van der Waals surface area contributed by atoms with Crippen molar-refractivity contribution in [3.63, 3.8) is 0 Å². The third-order valence-corrected chi connectivity index (χ3v) is 7.06. The molecule has 11 heteroatoms. The number of halogens is 1. The van der Waals surface area contributed by atoms with E-state index in [9.17, 15) is 23.9 Å². The van der Waals surface area contributed by atoms with E-state index in [4.69, 9.17) is 14.2 Å².